The molecule has 0 aromatic carbocycles. The molecule has 82 valence electrons. The third-order valence-corrected chi connectivity index (χ3v) is 3.37. The van der Waals surface area contributed by atoms with Crippen molar-refractivity contribution in [2.24, 2.45) is 0 Å². The van der Waals surface area contributed by atoms with Crippen LogP contribution < -0.4 is 0 Å². The van der Waals surface area contributed by atoms with Crippen molar-refractivity contribution in [3.05, 3.63) is 21.3 Å². The zero-order valence-electron chi connectivity index (χ0n) is 7.57. The number of alkyl halides is 1. The summed E-state index contributed by atoms with van der Waals surface area (Å²) in [5.41, 5.74) is 0. The maximum atomic E-state index is 11.6. The van der Waals surface area contributed by atoms with Crippen molar-refractivity contribution >= 4 is 46.3 Å². The van der Waals surface area contributed by atoms with Gasteiger partial charge in [-0.05, 0) is 18.6 Å². The van der Waals surface area contributed by atoms with Crippen molar-refractivity contribution in [2.75, 3.05) is 0 Å². The highest BCUT2D eigenvalue weighted by atomic mass is 35.5. The minimum absolute atomic E-state index is 0.112. The number of carboxylic acids is 1. The Hall–Kier alpha value is -0.580. The molecule has 0 amide bonds. The third kappa shape index (κ3) is 3.81. The van der Waals surface area contributed by atoms with Gasteiger partial charge in [0, 0.05) is 6.42 Å². The number of hydrogen-bond donors (Lipinski definition) is 1. The lowest BCUT2D eigenvalue weighted by atomic mass is 10.1. The van der Waals surface area contributed by atoms with E-state index in [0.717, 1.165) is 11.3 Å². The predicted molar refractivity (Wildman–Crippen MR) is 60.2 cm³/mol. The number of rotatable bonds is 5. The van der Waals surface area contributed by atoms with Crippen LogP contribution >= 0.6 is 34.5 Å². The van der Waals surface area contributed by atoms with Gasteiger partial charge >= 0.3 is 5.97 Å². The number of carbonyl (C=O) groups is 2. The van der Waals surface area contributed by atoms with Gasteiger partial charge in [0.1, 0.15) is 0 Å². The molecule has 1 heterocycles. The first-order valence-electron chi connectivity index (χ1n) is 4.16. The van der Waals surface area contributed by atoms with Crippen LogP contribution in [0.5, 0.6) is 0 Å². The van der Waals surface area contributed by atoms with Gasteiger partial charge in [0.05, 0.1) is 14.6 Å². The van der Waals surface area contributed by atoms with Crippen LogP contribution in [0.15, 0.2) is 12.1 Å². The normalized spacial score (nSPS) is 12.4. The average Bonchev–Trinajstić information content (AvgIpc) is 2.60. The topological polar surface area (TPSA) is 54.4 Å². The number of carboxylic acid groups (broad SMARTS) is 1. The molecular weight excluding hydrogens is 259 g/mol. The highest BCUT2D eigenvalue weighted by Gasteiger charge is 2.19. The minimum Gasteiger partial charge on any atom is -0.481 e. The molecule has 1 rings (SSSR count). The highest BCUT2D eigenvalue weighted by molar-refractivity contribution is 7.18. The van der Waals surface area contributed by atoms with Gasteiger partial charge in [0.2, 0.25) is 0 Å². The van der Waals surface area contributed by atoms with Gasteiger partial charge in [-0.25, -0.2) is 0 Å². The molecule has 0 bridgehead atoms. The Morgan fingerprint density at radius 1 is 1.47 bits per heavy atom. The van der Waals surface area contributed by atoms with Crippen molar-refractivity contribution in [3.8, 4) is 0 Å². The molecule has 1 unspecified atom stereocenters. The second-order valence-corrected chi connectivity index (χ2v) is 5.11. The molecule has 6 heteroatoms. The fraction of sp³-hybridized carbons (Fsp3) is 0.333. The molecule has 0 spiro atoms. The second kappa shape index (κ2) is 5.49. The molecule has 0 saturated carbocycles. The predicted octanol–water partition coefficient (Wildman–Crippen LogP) is 3.06. The summed E-state index contributed by atoms with van der Waals surface area (Å²) in [4.78, 5) is 22.3. The molecule has 0 saturated heterocycles. The molecular formula is C9H8Cl2O3S. The SMILES string of the molecule is O=C(O)CCC(Cl)C(=O)c1ccc(Cl)s1. The van der Waals surface area contributed by atoms with E-state index in [0.29, 0.717) is 9.21 Å². The molecule has 1 atom stereocenters. The van der Waals surface area contributed by atoms with E-state index < -0.39 is 11.3 Å². The Balaban J connectivity index is 2.57. The fourth-order valence-corrected chi connectivity index (χ4v) is 2.31. The van der Waals surface area contributed by atoms with E-state index in [1.54, 1.807) is 12.1 Å². The Labute approximate surface area is 101 Å². The van der Waals surface area contributed by atoms with Crippen LogP contribution in [0.1, 0.15) is 22.5 Å². The second-order valence-electron chi connectivity index (χ2n) is 2.87. The zero-order valence-corrected chi connectivity index (χ0v) is 9.90. The Morgan fingerprint density at radius 3 is 2.60 bits per heavy atom. The van der Waals surface area contributed by atoms with E-state index >= 15 is 0 Å². The van der Waals surface area contributed by atoms with Crippen LogP contribution in [0.2, 0.25) is 4.34 Å². The number of carbonyl (C=O) groups excluding carboxylic acids is 1. The van der Waals surface area contributed by atoms with Crippen molar-refractivity contribution in [1.29, 1.82) is 0 Å². The molecule has 0 aliphatic rings. The molecule has 1 N–H and O–H groups in total. The van der Waals surface area contributed by atoms with E-state index in [9.17, 15) is 9.59 Å². The molecule has 0 fully saturated rings. The van der Waals surface area contributed by atoms with Crippen LogP contribution in [0.3, 0.4) is 0 Å². The number of Topliss-reactive ketones (excluding diaryl/α,β-unsaturated/α-hetero) is 1. The van der Waals surface area contributed by atoms with Gasteiger partial charge in [-0.15, -0.1) is 22.9 Å². The summed E-state index contributed by atoms with van der Waals surface area (Å²) in [6.45, 7) is 0. The average molecular weight is 267 g/mol. The molecule has 0 aliphatic carbocycles. The lowest BCUT2D eigenvalue weighted by Gasteiger charge is -2.04. The van der Waals surface area contributed by atoms with E-state index in [2.05, 4.69) is 0 Å². The first-order valence-corrected chi connectivity index (χ1v) is 5.79. The molecule has 1 aromatic rings. The Kier molecular flexibility index (Phi) is 4.57. The summed E-state index contributed by atoms with van der Waals surface area (Å²) in [6.07, 6.45) is 0.0181. The van der Waals surface area contributed by atoms with E-state index in [1.807, 2.05) is 0 Å². The summed E-state index contributed by atoms with van der Waals surface area (Å²) >= 11 is 12.6. The summed E-state index contributed by atoms with van der Waals surface area (Å²) in [5, 5.41) is 7.63. The number of thiophene rings is 1. The number of ketones is 1. The minimum atomic E-state index is -0.960. The standard InChI is InChI=1S/C9H8Cl2O3S/c10-5(1-4-8(12)13)9(14)6-2-3-7(11)15-6/h2-3,5H,1,4H2,(H,12,13). The van der Waals surface area contributed by atoms with Gasteiger partial charge in [-0.1, -0.05) is 11.6 Å². The maximum absolute atomic E-state index is 11.6. The summed E-state index contributed by atoms with van der Waals surface area (Å²) in [7, 11) is 0. The lowest BCUT2D eigenvalue weighted by molar-refractivity contribution is -0.137. The first-order chi connectivity index (χ1) is 7.00. The summed E-state index contributed by atoms with van der Waals surface area (Å²) in [5.74, 6) is -1.23. The van der Waals surface area contributed by atoms with Gasteiger partial charge in [-0.2, -0.15) is 0 Å². The smallest absolute Gasteiger partial charge is 0.303 e. The Bertz CT molecular complexity index is 375. The lowest BCUT2D eigenvalue weighted by Crippen LogP contribution is -2.14. The van der Waals surface area contributed by atoms with Crippen LogP contribution in [0.4, 0.5) is 0 Å². The fourth-order valence-electron chi connectivity index (χ4n) is 0.982. The van der Waals surface area contributed by atoms with Crippen molar-refractivity contribution in [1.82, 2.24) is 0 Å². The van der Waals surface area contributed by atoms with Crippen molar-refractivity contribution in [3.63, 3.8) is 0 Å². The molecule has 0 radical (unpaired) electrons. The monoisotopic (exact) mass is 266 g/mol. The van der Waals surface area contributed by atoms with E-state index in [-0.39, 0.29) is 18.6 Å². The van der Waals surface area contributed by atoms with Crippen LogP contribution in [-0.2, 0) is 4.79 Å². The van der Waals surface area contributed by atoms with Crippen LogP contribution in [-0.4, -0.2) is 22.2 Å². The maximum Gasteiger partial charge on any atom is 0.303 e. The Morgan fingerprint density at radius 2 is 2.13 bits per heavy atom. The van der Waals surface area contributed by atoms with Crippen LogP contribution in [0, 0.1) is 0 Å². The van der Waals surface area contributed by atoms with Gasteiger partial charge in [0.25, 0.3) is 0 Å². The summed E-state index contributed by atoms with van der Waals surface area (Å²) < 4.78 is 0.514. The highest BCUT2D eigenvalue weighted by Crippen LogP contribution is 2.24. The van der Waals surface area contributed by atoms with Gasteiger partial charge in [-0.3, -0.25) is 9.59 Å². The summed E-state index contributed by atoms with van der Waals surface area (Å²) in [6, 6.07) is 3.20. The molecule has 3 nitrogen and oxygen atoms in total. The van der Waals surface area contributed by atoms with Crippen molar-refractivity contribution < 1.29 is 14.7 Å². The van der Waals surface area contributed by atoms with E-state index in [4.69, 9.17) is 28.3 Å². The largest absolute Gasteiger partial charge is 0.481 e. The van der Waals surface area contributed by atoms with E-state index in [1.165, 1.54) is 0 Å². The molecule has 15 heavy (non-hydrogen) atoms. The zero-order chi connectivity index (χ0) is 11.4. The number of halogens is 2. The quantitative estimate of drug-likeness (QED) is 0.659. The molecule has 1 aromatic heterocycles. The van der Waals surface area contributed by atoms with Crippen molar-refractivity contribution in [2.45, 2.75) is 18.2 Å². The number of aliphatic carboxylic acids is 1. The van der Waals surface area contributed by atoms with Gasteiger partial charge < -0.3 is 5.11 Å². The van der Waals surface area contributed by atoms with Crippen LogP contribution in [0.25, 0.3) is 0 Å². The first kappa shape index (κ1) is 12.5. The molecule has 0 aliphatic heterocycles. The number of hydrogen-bond acceptors (Lipinski definition) is 3. The van der Waals surface area contributed by atoms with Gasteiger partial charge in [0.15, 0.2) is 5.78 Å². The third-order valence-electron chi connectivity index (χ3n) is 1.71.